The first-order valence-corrected chi connectivity index (χ1v) is 6.91. The molecule has 1 amide bonds. The molecular formula is C12H19N3OS. The number of nitrogens with one attached hydrogen (secondary N) is 2. The molecule has 0 fully saturated rings. The highest BCUT2D eigenvalue weighted by Gasteiger charge is 2.05. The molecule has 0 aromatic carbocycles. The Bertz CT molecular complexity index is 371. The van der Waals surface area contributed by atoms with Crippen LogP contribution in [0.3, 0.4) is 0 Å². The summed E-state index contributed by atoms with van der Waals surface area (Å²) in [5.74, 6) is -0.161. The van der Waals surface area contributed by atoms with Crippen LogP contribution >= 0.6 is 11.8 Å². The van der Waals surface area contributed by atoms with Gasteiger partial charge in [-0.3, -0.25) is 9.78 Å². The van der Waals surface area contributed by atoms with E-state index in [1.54, 1.807) is 19.3 Å². The van der Waals surface area contributed by atoms with E-state index in [0.717, 1.165) is 18.7 Å². The number of carbonyl (C=O) groups excluding carboxylic acids is 1. The van der Waals surface area contributed by atoms with Gasteiger partial charge in [-0.2, -0.15) is 11.8 Å². The van der Waals surface area contributed by atoms with Crippen LogP contribution in [-0.4, -0.2) is 36.0 Å². The van der Waals surface area contributed by atoms with Crippen molar-refractivity contribution >= 4 is 23.4 Å². The Kier molecular flexibility index (Phi) is 5.83. The number of nitrogens with zero attached hydrogens (tertiary/aromatic N) is 1. The van der Waals surface area contributed by atoms with E-state index in [1.807, 2.05) is 17.8 Å². The first-order chi connectivity index (χ1) is 8.17. The molecule has 17 heavy (non-hydrogen) atoms. The van der Waals surface area contributed by atoms with Crippen LogP contribution in [0.5, 0.6) is 0 Å². The van der Waals surface area contributed by atoms with E-state index in [9.17, 15) is 4.79 Å². The molecule has 94 valence electrons. The van der Waals surface area contributed by atoms with Gasteiger partial charge in [0.1, 0.15) is 5.69 Å². The first kappa shape index (κ1) is 13.8. The Morgan fingerprint density at radius 3 is 3.00 bits per heavy atom. The lowest BCUT2D eigenvalue weighted by Gasteiger charge is -2.10. The summed E-state index contributed by atoms with van der Waals surface area (Å²) >= 11 is 1.86. The summed E-state index contributed by atoms with van der Waals surface area (Å²) in [4.78, 5) is 15.4. The van der Waals surface area contributed by atoms with Crippen molar-refractivity contribution in [3.8, 4) is 0 Å². The quantitative estimate of drug-likeness (QED) is 0.814. The third kappa shape index (κ3) is 4.65. The summed E-state index contributed by atoms with van der Waals surface area (Å²) in [7, 11) is 1.60. The molecule has 0 saturated carbocycles. The van der Waals surface area contributed by atoms with Crippen molar-refractivity contribution in [2.75, 3.05) is 25.2 Å². The zero-order valence-electron chi connectivity index (χ0n) is 10.5. The molecule has 0 bridgehead atoms. The largest absolute Gasteiger partial charge is 0.385 e. The van der Waals surface area contributed by atoms with Gasteiger partial charge >= 0.3 is 0 Å². The Morgan fingerprint density at radius 2 is 2.35 bits per heavy atom. The maximum absolute atomic E-state index is 11.4. The van der Waals surface area contributed by atoms with Crippen molar-refractivity contribution in [3.05, 3.63) is 24.0 Å². The highest BCUT2D eigenvalue weighted by Crippen LogP contribution is 2.11. The highest BCUT2D eigenvalue weighted by atomic mass is 32.2. The van der Waals surface area contributed by atoms with E-state index in [4.69, 9.17) is 0 Å². The van der Waals surface area contributed by atoms with Gasteiger partial charge in [0.15, 0.2) is 0 Å². The molecule has 1 heterocycles. The maximum Gasteiger partial charge on any atom is 0.269 e. The molecule has 1 aromatic rings. The summed E-state index contributed by atoms with van der Waals surface area (Å²) in [5.41, 5.74) is 1.38. The normalized spacial score (nSPS) is 11.9. The lowest BCUT2D eigenvalue weighted by Crippen LogP contribution is -2.19. The van der Waals surface area contributed by atoms with Crippen LogP contribution in [0.2, 0.25) is 0 Å². The second-order valence-electron chi connectivity index (χ2n) is 3.77. The molecule has 5 heteroatoms. The van der Waals surface area contributed by atoms with Gasteiger partial charge in [0.05, 0.1) is 0 Å². The van der Waals surface area contributed by atoms with Crippen LogP contribution in [0.25, 0.3) is 0 Å². The molecule has 1 aromatic heterocycles. The molecule has 1 unspecified atom stereocenters. The van der Waals surface area contributed by atoms with Crippen molar-refractivity contribution in [1.82, 2.24) is 10.3 Å². The van der Waals surface area contributed by atoms with Crippen LogP contribution in [0.1, 0.15) is 23.8 Å². The van der Waals surface area contributed by atoms with E-state index in [1.165, 1.54) is 0 Å². The van der Waals surface area contributed by atoms with Gasteiger partial charge in [0.25, 0.3) is 5.91 Å². The van der Waals surface area contributed by atoms with Crippen LogP contribution in [0, 0.1) is 0 Å². The van der Waals surface area contributed by atoms with Gasteiger partial charge in [-0.25, -0.2) is 0 Å². The van der Waals surface area contributed by atoms with Gasteiger partial charge in [-0.05, 0) is 24.8 Å². The number of hydrogen-bond donors (Lipinski definition) is 2. The average Bonchev–Trinajstić information content (AvgIpc) is 2.38. The fourth-order valence-electron chi connectivity index (χ4n) is 1.33. The standard InChI is InChI=1S/C12H19N3OS/c1-9(17-3)4-6-14-10-5-7-15-11(8-10)12(16)13-2/h5,7-9H,4,6H2,1-3H3,(H,13,16)(H,14,15). The number of pyridine rings is 1. The van der Waals surface area contributed by atoms with Crippen LogP contribution < -0.4 is 10.6 Å². The summed E-state index contributed by atoms with van der Waals surface area (Å²) in [6, 6.07) is 3.64. The van der Waals surface area contributed by atoms with Crippen molar-refractivity contribution in [2.45, 2.75) is 18.6 Å². The number of amides is 1. The van der Waals surface area contributed by atoms with Crippen molar-refractivity contribution in [3.63, 3.8) is 0 Å². The van der Waals surface area contributed by atoms with E-state index < -0.39 is 0 Å². The van der Waals surface area contributed by atoms with Crippen molar-refractivity contribution < 1.29 is 4.79 Å². The van der Waals surface area contributed by atoms with E-state index in [2.05, 4.69) is 28.8 Å². The molecule has 1 atom stereocenters. The third-order valence-electron chi connectivity index (χ3n) is 2.50. The van der Waals surface area contributed by atoms with Gasteiger partial charge in [-0.15, -0.1) is 0 Å². The van der Waals surface area contributed by atoms with Gasteiger partial charge in [0.2, 0.25) is 0 Å². The topological polar surface area (TPSA) is 54.0 Å². The Hall–Kier alpha value is -1.23. The second kappa shape index (κ2) is 7.17. The maximum atomic E-state index is 11.4. The fourth-order valence-corrected chi connectivity index (χ4v) is 1.68. The van der Waals surface area contributed by atoms with Crippen molar-refractivity contribution in [2.24, 2.45) is 0 Å². The smallest absolute Gasteiger partial charge is 0.269 e. The van der Waals surface area contributed by atoms with Crippen LogP contribution in [0.4, 0.5) is 5.69 Å². The number of thioether (sulfide) groups is 1. The van der Waals surface area contributed by atoms with Gasteiger partial charge in [0, 0.05) is 30.7 Å². The van der Waals surface area contributed by atoms with E-state index in [0.29, 0.717) is 10.9 Å². The zero-order chi connectivity index (χ0) is 12.7. The highest BCUT2D eigenvalue weighted by molar-refractivity contribution is 7.99. The number of rotatable bonds is 6. The summed E-state index contributed by atoms with van der Waals surface area (Å²) in [5, 5.41) is 6.50. The number of aromatic nitrogens is 1. The SMILES string of the molecule is CNC(=O)c1cc(NCCC(C)SC)ccn1. The molecule has 1 rings (SSSR count). The Labute approximate surface area is 107 Å². The summed E-state index contributed by atoms with van der Waals surface area (Å²) < 4.78 is 0. The first-order valence-electron chi connectivity index (χ1n) is 5.62. The molecule has 0 aliphatic rings. The fraction of sp³-hybridized carbons (Fsp3) is 0.500. The molecule has 0 aliphatic heterocycles. The lowest BCUT2D eigenvalue weighted by atomic mass is 10.3. The van der Waals surface area contributed by atoms with E-state index >= 15 is 0 Å². The number of hydrogen-bond acceptors (Lipinski definition) is 4. The lowest BCUT2D eigenvalue weighted by molar-refractivity contribution is 0.0958. The molecule has 0 radical (unpaired) electrons. The molecule has 4 nitrogen and oxygen atoms in total. The molecule has 2 N–H and O–H groups in total. The van der Waals surface area contributed by atoms with Crippen LogP contribution in [-0.2, 0) is 0 Å². The Morgan fingerprint density at radius 1 is 1.59 bits per heavy atom. The zero-order valence-corrected chi connectivity index (χ0v) is 11.3. The van der Waals surface area contributed by atoms with Crippen molar-refractivity contribution in [1.29, 1.82) is 0 Å². The molecule has 0 saturated heterocycles. The molecular weight excluding hydrogens is 234 g/mol. The molecule has 0 spiro atoms. The number of carbonyl (C=O) groups is 1. The van der Waals surface area contributed by atoms with Gasteiger partial charge < -0.3 is 10.6 Å². The Balaban J connectivity index is 2.51. The average molecular weight is 253 g/mol. The van der Waals surface area contributed by atoms with Crippen LogP contribution in [0.15, 0.2) is 18.3 Å². The minimum absolute atomic E-state index is 0.161. The van der Waals surface area contributed by atoms with Gasteiger partial charge in [-0.1, -0.05) is 6.92 Å². The van der Waals surface area contributed by atoms with E-state index in [-0.39, 0.29) is 5.91 Å². The second-order valence-corrected chi connectivity index (χ2v) is 5.05. The third-order valence-corrected chi connectivity index (χ3v) is 3.54. The predicted molar refractivity (Wildman–Crippen MR) is 73.7 cm³/mol. The monoisotopic (exact) mass is 253 g/mol. The summed E-state index contributed by atoms with van der Waals surface area (Å²) in [6.07, 6.45) is 4.85. The predicted octanol–water partition coefficient (Wildman–Crippen LogP) is 1.99. The minimum Gasteiger partial charge on any atom is -0.385 e. The minimum atomic E-state index is -0.161. The summed E-state index contributed by atoms with van der Waals surface area (Å²) in [6.45, 7) is 3.11. The number of anilines is 1. The molecule has 0 aliphatic carbocycles.